The first-order valence-electron chi connectivity index (χ1n) is 12.0. The van der Waals surface area contributed by atoms with Crippen molar-refractivity contribution in [3.8, 4) is 5.75 Å². The molecule has 2 aromatic rings. The summed E-state index contributed by atoms with van der Waals surface area (Å²) in [6, 6.07) is 12.6. The van der Waals surface area contributed by atoms with Crippen molar-refractivity contribution in [3.05, 3.63) is 59.7 Å². The van der Waals surface area contributed by atoms with E-state index in [1.165, 1.54) is 23.8 Å². The van der Waals surface area contributed by atoms with Gasteiger partial charge in [0, 0.05) is 17.0 Å². The normalized spacial score (nSPS) is 16.9. The molecule has 0 aromatic heterocycles. The van der Waals surface area contributed by atoms with Crippen LogP contribution in [0, 0.1) is 0 Å². The monoisotopic (exact) mass is 543 g/mol. The summed E-state index contributed by atoms with van der Waals surface area (Å²) in [5, 5.41) is 4.71. The fraction of sp³-hybridized carbons (Fsp3) is 0.407. The molecule has 0 radical (unpaired) electrons. The zero-order chi connectivity index (χ0) is 27.9. The summed E-state index contributed by atoms with van der Waals surface area (Å²) in [6.45, 7) is 4.95. The van der Waals surface area contributed by atoms with E-state index in [1.54, 1.807) is 58.2 Å². The van der Waals surface area contributed by atoms with Crippen molar-refractivity contribution in [2.24, 2.45) is 0 Å². The number of nitrogens with one attached hydrogen (secondary N) is 2. The number of carbonyl (C=O) groups is 4. The molecule has 0 unspecified atom stereocenters. The molecule has 2 atom stereocenters. The van der Waals surface area contributed by atoms with Gasteiger partial charge in [-0.1, -0.05) is 30.3 Å². The molecule has 0 spiro atoms. The van der Waals surface area contributed by atoms with Gasteiger partial charge in [0.05, 0.1) is 27.2 Å². The molecule has 1 aliphatic rings. The van der Waals surface area contributed by atoms with Gasteiger partial charge in [0.1, 0.15) is 22.8 Å². The molecule has 2 aromatic carbocycles. The molecule has 3 rings (SSSR count). The molecule has 38 heavy (non-hydrogen) atoms. The number of para-hydroxylation sites is 1. The molecule has 10 nitrogen and oxygen atoms in total. The van der Waals surface area contributed by atoms with E-state index in [1.807, 2.05) is 18.2 Å². The second kappa shape index (κ2) is 12.7. The molecule has 204 valence electrons. The summed E-state index contributed by atoms with van der Waals surface area (Å²) >= 11 is 1.43. The quantitative estimate of drug-likeness (QED) is 0.485. The largest absolute Gasteiger partial charge is 0.496 e. The van der Waals surface area contributed by atoms with Crippen LogP contribution in [0.15, 0.2) is 48.5 Å². The third kappa shape index (κ3) is 7.64. The van der Waals surface area contributed by atoms with Gasteiger partial charge in [-0.2, -0.15) is 0 Å². The Morgan fingerprint density at radius 1 is 1.05 bits per heavy atom. The zero-order valence-electron chi connectivity index (χ0n) is 22.1. The molecule has 1 aliphatic heterocycles. The molecule has 2 N–H and O–H groups in total. The molecular formula is C27H33N3O7S. The minimum Gasteiger partial charge on any atom is -0.496 e. The van der Waals surface area contributed by atoms with E-state index in [0.717, 1.165) is 5.56 Å². The van der Waals surface area contributed by atoms with Crippen molar-refractivity contribution in [2.75, 3.05) is 31.8 Å². The number of amides is 3. The van der Waals surface area contributed by atoms with E-state index in [-0.39, 0.29) is 13.0 Å². The Labute approximate surface area is 226 Å². The maximum atomic E-state index is 13.4. The Morgan fingerprint density at radius 3 is 2.47 bits per heavy atom. The Kier molecular flexibility index (Phi) is 9.62. The predicted molar refractivity (Wildman–Crippen MR) is 144 cm³/mol. The lowest BCUT2D eigenvalue weighted by Gasteiger charge is -2.31. The highest BCUT2D eigenvalue weighted by Gasteiger charge is 2.44. The van der Waals surface area contributed by atoms with Gasteiger partial charge in [-0.05, 0) is 44.5 Å². The fourth-order valence-corrected chi connectivity index (χ4v) is 5.35. The van der Waals surface area contributed by atoms with Crippen molar-refractivity contribution in [1.29, 1.82) is 0 Å². The van der Waals surface area contributed by atoms with E-state index in [4.69, 9.17) is 9.47 Å². The number of benzene rings is 2. The number of nitrogens with zero attached hydrogens (tertiary/aromatic N) is 1. The smallest absolute Gasteiger partial charge is 0.330 e. The van der Waals surface area contributed by atoms with Crippen LogP contribution >= 0.6 is 11.8 Å². The highest BCUT2D eigenvalue weighted by molar-refractivity contribution is 7.99. The second-order valence-corrected chi connectivity index (χ2v) is 10.7. The van der Waals surface area contributed by atoms with Crippen molar-refractivity contribution < 1.29 is 33.4 Å². The van der Waals surface area contributed by atoms with Crippen LogP contribution in [0.4, 0.5) is 10.5 Å². The summed E-state index contributed by atoms with van der Waals surface area (Å²) in [5.41, 5.74) is 1.14. The molecule has 1 saturated heterocycles. The zero-order valence-corrected chi connectivity index (χ0v) is 22.9. The van der Waals surface area contributed by atoms with Crippen molar-refractivity contribution in [3.63, 3.8) is 0 Å². The van der Waals surface area contributed by atoms with Crippen LogP contribution in [0.25, 0.3) is 0 Å². The van der Waals surface area contributed by atoms with Gasteiger partial charge in [-0.15, -0.1) is 11.8 Å². The number of rotatable bonds is 8. The first-order chi connectivity index (χ1) is 18.0. The highest BCUT2D eigenvalue weighted by atomic mass is 32.2. The molecule has 1 heterocycles. The van der Waals surface area contributed by atoms with Gasteiger partial charge in [-0.25, -0.2) is 9.59 Å². The van der Waals surface area contributed by atoms with Gasteiger partial charge in [-0.3, -0.25) is 9.59 Å². The van der Waals surface area contributed by atoms with Gasteiger partial charge in [0.2, 0.25) is 5.91 Å². The summed E-state index contributed by atoms with van der Waals surface area (Å²) in [6.07, 6.45) is 0.0646. The van der Waals surface area contributed by atoms with Crippen LogP contribution < -0.4 is 15.4 Å². The molecule has 11 heteroatoms. The third-order valence-corrected chi connectivity index (χ3v) is 6.84. The van der Waals surface area contributed by atoms with E-state index in [2.05, 4.69) is 15.4 Å². The number of urea groups is 1. The molecule has 0 bridgehead atoms. The van der Waals surface area contributed by atoms with Crippen LogP contribution in [0.2, 0.25) is 0 Å². The van der Waals surface area contributed by atoms with Crippen molar-refractivity contribution in [2.45, 2.75) is 44.2 Å². The Morgan fingerprint density at radius 2 is 1.79 bits per heavy atom. The number of anilines is 1. The lowest BCUT2D eigenvalue weighted by atomic mass is 10.1. The van der Waals surface area contributed by atoms with E-state index in [0.29, 0.717) is 22.8 Å². The topological polar surface area (TPSA) is 123 Å². The van der Waals surface area contributed by atoms with Crippen LogP contribution in [-0.2, 0) is 30.3 Å². The third-order valence-electron chi connectivity index (χ3n) is 5.53. The number of esters is 2. The van der Waals surface area contributed by atoms with Crippen molar-refractivity contribution >= 4 is 41.3 Å². The van der Waals surface area contributed by atoms with Gasteiger partial charge in [0.15, 0.2) is 0 Å². The van der Waals surface area contributed by atoms with Crippen LogP contribution in [0.5, 0.6) is 5.75 Å². The Balaban J connectivity index is 1.73. The minimum absolute atomic E-state index is 0.0646. The first kappa shape index (κ1) is 28.8. The van der Waals surface area contributed by atoms with E-state index < -0.39 is 40.9 Å². The number of thioether (sulfide) groups is 1. The second-order valence-electron chi connectivity index (χ2n) is 9.54. The van der Waals surface area contributed by atoms with E-state index >= 15 is 0 Å². The lowest BCUT2D eigenvalue weighted by Crippen LogP contribution is -2.49. The average Bonchev–Trinajstić information content (AvgIpc) is 3.32. The molecule has 3 amide bonds. The number of hydrogen-bond donors (Lipinski definition) is 2. The SMILES string of the molecule is COC(=O)Cc1cccc(NC(=O)NCC(=O)N2[C@H](C(=O)OC(C)(C)C)CS[C@H]2c2ccccc2OC)c1. The lowest BCUT2D eigenvalue weighted by molar-refractivity contribution is -0.163. The molecule has 0 saturated carbocycles. The summed E-state index contributed by atoms with van der Waals surface area (Å²) in [5.74, 6) is -0.434. The van der Waals surface area contributed by atoms with Crippen molar-refractivity contribution in [1.82, 2.24) is 10.2 Å². The number of carbonyl (C=O) groups excluding carboxylic acids is 4. The first-order valence-corrected chi connectivity index (χ1v) is 13.1. The minimum atomic E-state index is -0.832. The maximum Gasteiger partial charge on any atom is 0.330 e. The number of methoxy groups -OCH3 is 2. The molecule has 1 fully saturated rings. The van der Waals surface area contributed by atoms with E-state index in [9.17, 15) is 19.2 Å². The van der Waals surface area contributed by atoms with Crippen LogP contribution in [-0.4, -0.2) is 66.9 Å². The Hall–Kier alpha value is -3.73. The summed E-state index contributed by atoms with van der Waals surface area (Å²) < 4.78 is 15.7. The van der Waals surface area contributed by atoms with Crippen LogP contribution in [0.3, 0.4) is 0 Å². The van der Waals surface area contributed by atoms with Gasteiger partial charge < -0.3 is 29.7 Å². The number of hydrogen-bond acceptors (Lipinski definition) is 8. The fourth-order valence-electron chi connectivity index (χ4n) is 3.89. The summed E-state index contributed by atoms with van der Waals surface area (Å²) in [4.78, 5) is 52.0. The van der Waals surface area contributed by atoms with Gasteiger partial charge in [0.25, 0.3) is 0 Å². The molecular weight excluding hydrogens is 510 g/mol. The standard InChI is InChI=1S/C27H33N3O7S/c1-27(2,3)37-25(33)20-16-38-24(19-11-6-7-12-21(19)35-4)30(20)22(31)15-28-26(34)29-18-10-8-9-17(13-18)14-23(32)36-5/h6-13,20,24H,14-16H2,1-5H3,(H2,28,29,34)/t20-,24-/m0/s1. The maximum absolute atomic E-state index is 13.4. The highest BCUT2D eigenvalue weighted by Crippen LogP contribution is 2.45. The predicted octanol–water partition coefficient (Wildman–Crippen LogP) is 3.52. The average molecular weight is 544 g/mol. The number of ether oxygens (including phenoxy) is 3. The summed E-state index contributed by atoms with van der Waals surface area (Å²) in [7, 11) is 2.85. The van der Waals surface area contributed by atoms with Crippen LogP contribution in [0.1, 0.15) is 37.3 Å². The Bertz CT molecular complexity index is 1180. The van der Waals surface area contributed by atoms with Gasteiger partial charge >= 0.3 is 18.0 Å². The molecule has 0 aliphatic carbocycles.